The molecule has 10 heteroatoms. The lowest BCUT2D eigenvalue weighted by Gasteiger charge is -2.12. The van der Waals surface area contributed by atoms with Gasteiger partial charge in [0.05, 0.1) is 27.4 Å². The molecule has 0 unspecified atom stereocenters. The zero-order valence-corrected chi connectivity index (χ0v) is 16.2. The summed E-state index contributed by atoms with van der Waals surface area (Å²) in [7, 11) is 0. The summed E-state index contributed by atoms with van der Waals surface area (Å²) < 4.78 is 1.85. The predicted octanol–water partition coefficient (Wildman–Crippen LogP) is 4.19. The Morgan fingerprint density at radius 2 is 2.07 bits per heavy atom. The lowest BCUT2D eigenvalue weighted by atomic mass is 10.2. The number of pyridine rings is 1. The number of nitrogens with one attached hydrogen (secondary N) is 1. The molecule has 9 nitrogen and oxygen atoms in total. The van der Waals surface area contributed by atoms with Crippen molar-refractivity contribution in [3.8, 4) is 5.69 Å². The minimum atomic E-state index is -1.04. The Bertz CT molecular complexity index is 1120. The third-order valence-electron chi connectivity index (χ3n) is 4.25. The van der Waals surface area contributed by atoms with Crippen molar-refractivity contribution >= 4 is 35.3 Å². The van der Waals surface area contributed by atoms with Crippen LogP contribution in [0.4, 0.5) is 11.5 Å². The van der Waals surface area contributed by atoms with Crippen LogP contribution in [-0.4, -0.2) is 31.8 Å². The first-order chi connectivity index (χ1) is 13.8. The minimum Gasteiger partial charge on any atom is -0.478 e. The van der Waals surface area contributed by atoms with E-state index in [0.29, 0.717) is 16.5 Å². The Hall–Kier alpha value is -3.72. The number of hydrogen-bond donors (Lipinski definition) is 2. The molecule has 0 saturated carbocycles. The van der Waals surface area contributed by atoms with Gasteiger partial charge >= 0.3 is 5.97 Å². The molecule has 29 heavy (non-hydrogen) atoms. The first-order valence-corrected chi connectivity index (χ1v) is 8.77. The van der Waals surface area contributed by atoms with Crippen LogP contribution in [0.1, 0.15) is 27.3 Å². The van der Waals surface area contributed by atoms with Crippen molar-refractivity contribution in [2.24, 2.45) is 5.10 Å². The fourth-order valence-corrected chi connectivity index (χ4v) is 3.04. The first kappa shape index (κ1) is 20.0. The Kier molecular flexibility index (Phi) is 5.60. The molecule has 148 valence electrons. The first-order valence-electron chi connectivity index (χ1n) is 8.39. The Morgan fingerprint density at radius 1 is 1.31 bits per heavy atom. The van der Waals surface area contributed by atoms with Crippen molar-refractivity contribution in [3.05, 3.63) is 80.2 Å². The summed E-state index contributed by atoms with van der Waals surface area (Å²) in [6, 6.07) is 9.18. The second-order valence-corrected chi connectivity index (χ2v) is 6.57. The fraction of sp³-hybridized carbons (Fsp3) is 0.105. The number of carboxylic acid groups (broad SMARTS) is 1. The van der Waals surface area contributed by atoms with Crippen molar-refractivity contribution < 1.29 is 14.8 Å². The smallest absolute Gasteiger partial charge is 0.335 e. The molecule has 0 bridgehead atoms. The number of hydrogen-bond acceptors (Lipinski definition) is 6. The number of carboxylic acids is 1. The molecule has 2 N–H and O–H groups in total. The van der Waals surface area contributed by atoms with E-state index in [1.807, 2.05) is 24.5 Å². The van der Waals surface area contributed by atoms with Crippen LogP contribution in [0.5, 0.6) is 0 Å². The summed E-state index contributed by atoms with van der Waals surface area (Å²) in [5, 5.41) is 24.4. The molecule has 0 fully saturated rings. The Balaban J connectivity index is 1.86. The summed E-state index contributed by atoms with van der Waals surface area (Å²) in [4.78, 5) is 25.3. The molecular weight excluding hydrogens is 398 g/mol. The topological polar surface area (TPSA) is 123 Å². The van der Waals surface area contributed by atoms with E-state index < -0.39 is 10.9 Å². The average Bonchev–Trinajstić information content (AvgIpc) is 2.96. The number of hydrazone groups is 1. The fourth-order valence-electron chi connectivity index (χ4n) is 2.83. The quantitative estimate of drug-likeness (QED) is 0.354. The molecule has 2 heterocycles. The third kappa shape index (κ3) is 4.25. The summed E-state index contributed by atoms with van der Waals surface area (Å²) in [6.45, 7) is 3.74. The molecule has 3 aromatic rings. The maximum Gasteiger partial charge on any atom is 0.335 e. The number of aromatic carboxylic acids is 1. The number of rotatable bonds is 6. The Morgan fingerprint density at radius 3 is 2.69 bits per heavy atom. The molecule has 0 saturated heterocycles. The standard InChI is InChI=1S/C19H16ClN5O4/c1-11-7-14(9-22-23-18-6-4-15(10-21-18)25(28)29)12(2)24(11)17-8-13(19(26)27)3-5-16(17)20/h3-10H,1-2H3,(H,21,23)(H,26,27)/b22-9+. The van der Waals surface area contributed by atoms with Gasteiger partial charge in [-0.25, -0.2) is 9.78 Å². The highest BCUT2D eigenvalue weighted by Crippen LogP contribution is 2.27. The van der Waals surface area contributed by atoms with Crippen LogP contribution < -0.4 is 5.43 Å². The van der Waals surface area contributed by atoms with E-state index in [4.69, 9.17) is 11.6 Å². The van der Waals surface area contributed by atoms with Gasteiger partial charge in [0.15, 0.2) is 0 Å². The SMILES string of the molecule is Cc1cc(/C=N/Nc2ccc([N+](=O)[O-])cn2)c(C)n1-c1cc(C(=O)O)ccc1Cl. The molecule has 0 spiro atoms. The average molecular weight is 414 g/mol. The van der Waals surface area contributed by atoms with E-state index in [-0.39, 0.29) is 11.3 Å². The van der Waals surface area contributed by atoms with Gasteiger partial charge in [-0.1, -0.05) is 11.6 Å². The molecule has 0 aliphatic carbocycles. The van der Waals surface area contributed by atoms with Crippen LogP contribution in [0, 0.1) is 24.0 Å². The van der Waals surface area contributed by atoms with Gasteiger partial charge in [0, 0.05) is 23.0 Å². The highest BCUT2D eigenvalue weighted by Gasteiger charge is 2.14. The van der Waals surface area contributed by atoms with Crippen molar-refractivity contribution in [2.45, 2.75) is 13.8 Å². The maximum absolute atomic E-state index is 11.3. The number of nitrogens with zero attached hydrogens (tertiary/aromatic N) is 4. The minimum absolute atomic E-state index is 0.108. The van der Waals surface area contributed by atoms with E-state index in [9.17, 15) is 20.0 Å². The van der Waals surface area contributed by atoms with Crippen molar-refractivity contribution in [1.29, 1.82) is 0 Å². The van der Waals surface area contributed by atoms with Crippen molar-refractivity contribution in [3.63, 3.8) is 0 Å². The number of anilines is 1. The molecule has 3 rings (SSSR count). The van der Waals surface area contributed by atoms with Crippen molar-refractivity contribution in [2.75, 3.05) is 5.43 Å². The van der Waals surface area contributed by atoms with Gasteiger partial charge in [-0.2, -0.15) is 5.10 Å². The summed E-state index contributed by atoms with van der Waals surface area (Å²) in [6.07, 6.45) is 2.72. The molecule has 2 aromatic heterocycles. The van der Waals surface area contributed by atoms with Crippen LogP contribution in [0.15, 0.2) is 47.7 Å². The molecule has 0 radical (unpaired) electrons. The van der Waals surface area contributed by atoms with E-state index in [2.05, 4.69) is 15.5 Å². The highest BCUT2D eigenvalue weighted by molar-refractivity contribution is 6.32. The zero-order chi connectivity index (χ0) is 21.1. The number of nitro groups is 1. The van der Waals surface area contributed by atoms with Crippen LogP contribution in [0.25, 0.3) is 5.69 Å². The van der Waals surface area contributed by atoms with E-state index in [1.54, 1.807) is 12.3 Å². The molecule has 0 aliphatic rings. The van der Waals surface area contributed by atoms with E-state index >= 15 is 0 Å². The van der Waals surface area contributed by atoms with Crippen LogP contribution in [0.3, 0.4) is 0 Å². The van der Waals surface area contributed by atoms with Crippen LogP contribution in [0.2, 0.25) is 5.02 Å². The largest absolute Gasteiger partial charge is 0.478 e. The number of benzene rings is 1. The Labute approximate surface area is 170 Å². The normalized spacial score (nSPS) is 11.0. The summed E-state index contributed by atoms with van der Waals surface area (Å²) in [5.74, 6) is -0.676. The second-order valence-electron chi connectivity index (χ2n) is 6.16. The zero-order valence-electron chi connectivity index (χ0n) is 15.5. The second kappa shape index (κ2) is 8.11. The number of aromatic nitrogens is 2. The number of carbonyl (C=O) groups is 1. The molecule has 0 atom stereocenters. The monoisotopic (exact) mass is 413 g/mol. The van der Waals surface area contributed by atoms with E-state index in [1.165, 1.54) is 24.3 Å². The van der Waals surface area contributed by atoms with Gasteiger partial charge < -0.3 is 9.67 Å². The van der Waals surface area contributed by atoms with Gasteiger partial charge in [0.2, 0.25) is 0 Å². The predicted molar refractivity (Wildman–Crippen MR) is 109 cm³/mol. The summed E-state index contributed by atoms with van der Waals surface area (Å²) >= 11 is 6.29. The molecule has 1 aromatic carbocycles. The van der Waals surface area contributed by atoms with Gasteiger partial charge in [0.25, 0.3) is 5.69 Å². The number of halogens is 1. The molecular formula is C19H16ClN5O4. The third-order valence-corrected chi connectivity index (χ3v) is 4.57. The molecule has 0 amide bonds. The van der Waals surface area contributed by atoms with E-state index in [0.717, 1.165) is 23.1 Å². The maximum atomic E-state index is 11.3. The van der Waals surface area contributed by atoms with Crippen LogP contribution in [-0.2, 0) is 0 Å². The lowest BCUT2D eigenvalue weighted by molar-refractivity contribution is -0.385. The lowest BCUT2D eigenvalue weighted by Crippen LogP contribution is -2.04. The number of aryl methyl sites for hydroxylation is 1. The molecule has 0 aliphatic heterocycles. The van der Waals surface area contributed by atoms with Crippen molar-refractivity contribution in [1.82, 2.24) is 9.55 Å². The highest BCUT2D eigenvalue weighted by atomic mass is 35.5. The van der Waals surface area contributed by atoms with Gasteiger partial charge in [-0.05, 0) is 44.2 Å². The summed E-state index contributed by atoms with van der Waals surface area (Å²) in [5.41, 5.74) is 5.75. The van der Waals surface area contributed by atoms with Crippen LogP contribution >= 0.6 is 11.6 Å². The van der Waals surface area contributed by atoms with Gasteiger partial charge in [-0.15, -0.1) is 0 Å². The van der Waals surface area contributed by atoms with Gasteiger partial charge in [-0.3, -0.25) is 15.5 Å². The van der Waals surface area contributed by atoms with Gasteiger partial charge in [0.1, 0.15) is 12.0 Å².